The van der Waals surface area contributed by atoms with Gasteiger partial charge in [-0.25, -0.2) is 4.98 Å². The molecular weight excluding hydrogens is 398 g/mol. The van der Waals surface area contributed by atoms with E-state index in [9.17, 15) is 4.79 Å². The Morgan fingerprint density at radius 1 is 1.29 bits per heavy atom. The van der Waals surface area contributed by atoms with Gasteiger partial charge in [0.25, 0.3) is 0 Å². The topological polar surface area (TPSA) is 84.2 Å². The lowest BCUT2D eigenvalue weighted by atomic mass is 9.96. The first kappa shape index (κ1) is 18.9. The summed E-state index contributed by atoms with van der Waals surface area (Å²) in [5.41, 5.74) is 1.85. The third-order valence-electron chi connectivity index (χ3n) is 4.73. The highest BCUT2D eigenvalue weighted by atomic mass is 35.5. The number of benzene rings is 1. The average Bonchev–Trinajstić information content (AvgIpc) is 3.36. The molecule has 1 amide bonds. The van der Waals surface area contributed by atoms with Gasteiger partial charge in [0.2, 0.25) is 17.6 Å². The van der Waals surface area contributed by atoms with Crippen molar-refractivity contribution in [2.45, 2.75) is 26.3 Å². The smallest absolute Gasteiger partial charge is 0.246 e. The molecule has 1 saturated heterocycles. The lowest BCUT2D eigenvalue weighted by molar-refractivity contribution is -0.125. The Morgan fingerprint density at radius 2 is 2.04 bits per heavy atom. The van der Waals surface area contributed by atoms with E-state index in [2.05, 4.69) is 30.7 Å². The number of amides is 1. The molecule has 0 unspecified atom stereocenters. The molecule has 9 heteroatoms. The van der Waals surface area contributed by atoms with Gasteiger partial charge in [0.1, 0.15) is 0 Å². The number of thiazole rings is 1. The summed E-state index contributed by atoms with van der Waals surface area (Å²) < 4.78 is 5.24. The third-order valence-corrected chi connectivity index (χ3v) is 6.00. The Morgan fingerprint density at radius 3 is 2.71 bits per heavy atom. The number of anilines is 1. The average molecular weight is 418 g/mol. The lowest BCUT2D eigenvalue weighted by Crippen LogP contribution is -2.40. The minimum absolute atomic E-state index is 0.00373. The first-order valence-corrected chi connectivity index (χ1v) is 10.4. The number of rotatable bonds is 5. The van der Waals surface area contributed by atoms with E-state index in [1.807, 2.05) is 19.1 Å². The van der Waals surface area contributed by atoms with Gasteiger partial charge < -0.3 is 14.7 Å². The fourth-order valence-electron chi connectivity index (χ4n) is 3.17. The molecule has 0 radical (unpaired) electrons. The van der Waals surface area contributed by atoms with Crippen molar-refractivity contribution in [2.24, 2.45) is 5.92 Å². The molecule has 4 rings (SSSR count). The van der Waals surface area contributed by atoms with Gasteiger partial charge in [-0.05, 0) is 44.0 Å². The number of halogens is 1. The monoisotopic (exact) mass is 417 g/mol. The molecule has 1 N–H and O–H groups in total. The van der Waals surface area contributed by atoms with Crippen molar-refractivity contribution in [3.63, 3.8) is 0 Å². The van der Waals surface area contributed by atoms with Gasteiger partial charge in [0.15, 0.2) is 5.13 Å². The van der Waals surface area contributed by atoms with Crippen molar-refractivity contribution >= 4 is 34.0 Å². The lowest BCUT2D eigenvalue weighted by Gasteiger charge is -2.30. The molecule has 1 aromatic carbocycles. The first-order chi connectivity index (χ1) is 13.6. The molecule has 0 aliphatic carbocycles. The Labute approximate surface area is 171 Å². The van der Waals surface area contributed by atoms with E-state index in [4.69, 9.17) is 16.1 Å². The van der Waals surface area contributed by atoms with Crippen molar-refractivity contribution < 1.29 is 9.32 Å². The standard InChI is InChI=1S/C19H20ClN5O2S/c1-12-11-28-19(22-12)25-8-6-14(7-9-25)18(26)21-10-16-23-17(24-27-16)13-2-4-15(20)5-3-13/h2-5,11,14H,6-10H2,1H3,(H,21,26). The summed E-state index contributed by atoms with van der Waals surface area (Å²) >= 11 is 7.54. The van der Waals surface area contributed by atoms with Crippen molar-refractivity contribution in [1.82, 2.24) is 20.4 Å². The number of nitrogens with one attached hydrogen (secondary N) is 1. The summed E-state index contributed by atoms with van der Waals surface area (Å²) in [6, 6.07) is 7.20. The minimum Gasteiger partial charge on any atom is -0.348 e. The van der Waals surface area contributed by atoms with Gasteiger partial charge in [-0.2, -0.15) is 4.98 Å². The predicted molar refractivity (Wildman–Crippen MR) is 108 cm³/mol. The second kappa shape index (κ2) is 8.28. The molecule has 0 spiro atoms. The number of nitrogens with zero attached hydrogens (tertiary/aromatic N) is 4. The van der Waals surface area contributed by atoms with Crippen LogP contribution in [0.3, 0.4) is 0 Å². The largest absolute Gasteiger partial charge is 0.348 e. The number of hydrogen-bond donors (Lipinski definition) is 1. The second-order valence-electron chi connectivity index (χ2n) is 6.77. The Hall–Kier alpha value is -2.45. The summed E-state index contributed by atoms with van der Waals surface area (Å²) in [5, 5.41) is 10.6. The highest BCUT2D eigenvalue weighted by Crippen LogP contribution is 2.26. The van der Waals surface area contributed by atoms with Crippen LogP contribution in [-0.4, -0.2) is 34.1 Å². The minimum atomic E-state index is -0.00373. The van der Waals surface area contributed by atoms with Gasteiger partial charge in [-0.1, -0.05) is 16.8 Å². The van der Waals surface area contributed by atoms with Crippen molar-refractivity contribution in [2.75, 3.05) is 18.0 Å². The maximum atomic E-state index is 12.5. The van der Waals surface area contributed by atoms with Crippen molar-refractivity contribution in [3.8, 4) is 11.4 Å². The van der Waals surface area contributed by atoms with E-state index in [1.165, 1.54) is 0 Å². The van der Waals surface area contributed by atoms with Gasteiger partial charge in [0, 0.05) is 35.0 Å². The second-order valence-corrected chi connectivity index (χ2v) is 8.04. The molecule has 1 fully saturated rings. The number of carbonyl (C=O) groups is 1. The van der Waals surface area contributed by atoms with Gasteiger partial charge in [-0.15, -0.1) is 11.3 Å². The van der Waals surface area contributed by atoms with Gasteiger partial charge in [-0.3, -0.25) is 4.79 Å². The molecule has 3 aromatic rings. The zero-order chi connectivity index (χ0) is 19.5. The Bertz CT molecular complexity index is 947. The molecule has 3 heterocycles. The molecule has 1 aliphatic heterocycles. The fourth-order valence-corrected chi connectivity index (χ4v) is 4.15. The number of carbonyl (C=O) groups excluding carboxylic acids is 1. The van der Waals surface area contributed by atoms with Crippen LogP contribution in [0.1, 0.15) is 24.4 Å². The van der Waals surface area contributed by atoms with Crippen molar-refractivity contribution in [3.05, 3.63) is 46.3 Å². The zero-order valence-electron chi connectivity index (χ0n) is 15.4. The van der Waals surface area contributed by atoms with E-state index in [1.54, 1.807) is 23.5 Å². The Balaban J connectivity index is 1.27. The highest BCUT2D eigenvalue weighted by molar-refractivity contribution is 7.13. The maximum Gasteiger partial charge on any atom is 0.246 e. The van der Waals surface area contributed by atoms with Crippen LogP contribution >= 0.6 is 22.9 Å². The van der Waals surface area contributed by atoms with E-state index < -0.39 is 0 Å². The number of piperidine rings is 1. The van der Waals surface area contributed by atoms with Crippen molar-refractivity contribution in [1.29, 1.82) is 0 Å². The van der Waals surface area contributed by atoms with Crippen LogP contribution in [0.4, 0.5) is 5.13 Å². The summed E-state index contributed by atoms with van der Waals surface area (Å²) in [6.07, 6.45) is 1.62. The van der Waals surface area contributed by atoms with Gasteiger partial charge in [0.05, 0.1) is 12.2 Å². The van der Waals surface area contributed by atoms with E-state index >= 15 is 0 Å². The SMILES string of the molecule is Cc1csc(N2CCC(C(=O)NCc3nc(-c4ccc(Cl)cc4)no3)CC2)n1. The molecule has 0 atom stereocenters. The summed E-state index contributed by atoms with van der Waals surface area (Å²) in [5.74, 6) is 0.888. The normalized spacial score (nSPS) is 15.0. The molecule has 28 heavy (non-hydrogen) atoms. The zero-order valence-corrected chi connectivity index (χ0v) is 17.0. The van der Waals surface area contributed by atoms with E-state index in [0.717, 1.165) is 42.3 Å². The van der Waals surface area contributed by atoms with E-state index in [-0.39, 0.29) is 18.4 Å². The number of aryl methyl sites for hydroxylation is 1. The van der Waals surface area contributed by atoms with Crippen LogP contribution in [0.2, 0.25) is 5.02 Å². The van der Waals surface area contributed by atoms with Crippen LogP contribution in [0, 0.1) is 12.8 Å². The number of hydrogen-bond acceptors (Lipinski definition) is 7. The fraction of sp³-hybridized carbons (Fsp3) is 0.368. The first-order valence-electron chi connectivity index (χ1n) is 9.12. The third kappa shape index (κ3) is 4.34. The summed E-state index contributed by atoms with van der Waals surface area (Å²) in [7, 11) is 0. The molecule has 7 nitrogen and oxygen atoms in total. The molecule has 1 aliphatic rings. The molecular formula is C19H20ClN5O2S. The van der Waals surface area contributed by atoms with Crippen LogP contribution in [0.25, 0.3) is 11.4 Å². The van der Waals surface area contributed by atoms with E-state index in [0.29, 0.717) is 16.7 Å². The maximum absolute atomic E-state index is 12.5. The summed E-state index contributed by atoms with van der Waals surface area (Å²) in [6.45, 7) is 3.90. The predicted octanol–water partition coefficient (Wildman–Crippen LogP) is 3.69. The van der Waals surface area contributed by atoms with Crippen LogP contribution in [-0.2, 0) is 11.3 Å². The Kier molecular flexibility index (Phi) is 5.59. The molecule has 146 valence electrons. The number of aromatic nitrogens is 3. The molecule has 0 saturated carbocycles. The van der Waals surface area contributed by atoms with Crippen LogP contribution in [0.5, 0.6) is 0 Å². The van der Waals surface area contributed by atoms with Crippen LogP contribution < -0.4 is 10.2 Å². The highest BCUT2D eigenvalue weighted by Gasteiger charge is 2.26. The quantitative estimate of drug-likeness (QED) is 0.681. The summed E-state index contributed by atoms with van der Waals surface area (Å²) in [4.78, 5) is 23.6. The van der Waals surface area contributed by atoms with Crippen LogP contribution in [0.15, 0.2) is 34.2 Å². The molecule has 2 aromatic heterocycles. The van der Waals surface area contributed by atoms with Gasteiger partial charge >= 0.3 is 0 Å². The molecule has 0 bridgehead atoms.